The summed E-state index contributed by atoms with van der Waals surface area (Å²) in [6.45, 7) is 0.584. The van der Waals surface area contributed by atoms with Crippen LogP contribution in [0.4, 0.5) is 4.39 Å². The fraction of sp³-hybridized carbons (Fsp3) is 0.381. The molecule has 6 heteroatoms. The zero-order valence-electron chi connectivity index (χ0n) is 14.7. The van der Waals surface area contributed by atoms with Gasteiger partial charge in [0.15, 0.2) is 0 Å². The second-order valence-electron chi connectivity index (χ2n) is 7.53. The lowest BCUT2D eigenvalue weighted by Crippen LogP contribution is -2.31. The Morgan fingerprint density at radius 3 is 2.67 bits per heavy atom. The number of hydrogen-bond acceptors (Lipinski definition) is 3. The van der Waals surface area contributed by atoms with Crippen LogP contribution in [0.15, 0.2) is 48.5 Å². The summed E-state index contributed by atoms with van der Waals surface area (Å²) < 4.78 is 13.5. The number of β-amino-alcohol motifs (C(OH)–C–C–N with tert-alkyl or cyclic N) is 1. The van der Waals surface area contributed by atoms with E-state index in [0.29, 0.717) is 12.1 Å². The molecule has 2 aromatic carbocycles. The number of carbonyl (C=O) groups excluding carboxylic acids is 1. The Morgan fingerprint density at radius 1 is 1.26 bits per heavy atom. The molecule has 142 valence electrons. The molecule has 1 aliphatic carbocycles. The normalized spacial score (nSPS) is 29.3. The SMILES string of the molecule is O=C(Cc1cc(F)cc(Cl)c1)N1C[C@H](O)[C@@]2(C1)[C@H](CO)[C@H]2c1ccccc1. The lowest BCUT2D eigenvalue weighted by atomic mass is 9.95. The number of aliphatic hydroxyl groups is 2. The van der Waals surface area contributed by atoms with Gasteiger partial charge in [0.25, 0.3) is 0 Å². The highest BCUT2D eigenvalue weighted by Crippen LogP contribution is 2.68. The fourth-order valence-corrected chi connectivity index (χ4v) is 5.00. The molecule has 1 heterocycles. The van der Waals surface area contributed by atoms with Crippen LogP contribution >= 0.6 is 11.6 Å². The lowest BCUT2D eigenvalue weighted by molar-refractivity contribution is -0.129. The number of likely N-dealkylation sites (tertiary alicyclic amines) is 1. The molecule has 2 aromatic rings. The largest absolute Gasteiger partial charge is 0.396 e. The van der Waals surface area contributed by atoms with Gasteiger partial charge in [0.2, 0.25) is 5.91 Å². The van der Waals surface area contributed by atoms with Crippen LogP contribution in [0.2, 0.25) is 5.02 Å². The number of benzene rings is 2. The molecule has 4 nitrogen and oxygen atoms in total. The summed E-state index contributed by atoms with van der Waals surface area (Å²) >= 11 is 5.86. The molecule has 1 amide bonds. The van der Waals surface area contributed by atoms with Gasteiger partial charge in [0, 0.05) is 30.1 Å². The van der Waals surface area contributed by atoms with Crippen molar-refractivity contribution in [2.75, 3.05) is 19.7 Å². The van der Waals surface area contributed by atoms with Gasteiger partial charge in [-0.1, -0.05) is 41.9 Å². The molecule has 2 N–H and O–H groups in total. The van der Waals surface area contributed by atoms with Gasteiger partial charge in [-0.3, -0.25) is 4.79 Å². The van der Waals surface area contributed by atoms with Gasteiger partial charge >= 0.3 is 0 Å². The standard InChI is InChI=1S/C21H21ClFNO3/c22-15-6-13(7-16(23)9-15)8-19(27)24-10-18(26)21(12-24)17(11-25)20(21)14-4-2-1-3-5-14/h1-7,9,17-18,20,25-26H,8,10-12H2/t17-,18+,20-,21-/m1/s1. The van der Waals surface area contributed by atoms with Crippen LogP contribution in [-0.4, -0.2) is 46.8 Å². The third-order valence-corrected chi connectivity index (χ3v) is 6.25. The van der Waals surface area contributed by atoms with Gasteiger partial charge in [-0.25, -0.2) is 4.39 Å². The number of carbonyl (C=O) groups is 1. The third-order valence-electron chi connectivity index (χ3n) is 6.03. The summed E-state index contributed by atoms with van der Waals surface area (Å²) in [7, 11) is 0. The molecule has 1 saturated carbocycles. The maximum atomic E-state index is 13.5. The maximum absolute atomic E-state index is 13.5. The van der Waals surface area contributed by atoms with Gasteiger partial charge in [-0.05, 0) is 41.2 Å². The molecule has 0 aromatic heterocycles. The fourth-order valence-electron chi connectivity index (χ4n) is 4.76. The molecule has 0 radical (unpaired) electrons. The second-order valence-corrected chi connectivity index (χ2v) is 7.97. The summed E-state index contributed by atoms with van der Waals surface area (Å²) in [6.07, 6.45) is -0.667. The molecule has 2 fully saturated rings. The Bertz CT molecular complexity index is 842. The summed E-state index contributed by atoms with van der Waals surface area (Å²) in [5.41, 5.74) is 1.07. The summed E-state index contributed by atoms with van der Waals surface area (Å²) in [6, 6.07) is 13.9. The molecule has 27 heavy (non-hydrogen) atoms. The highest BCUT2D eigenvalue weighted by Gasteiger charge is 2.71. The maximum Gasteiger partial charge on any atom is 0.227 e. The van der Waals surface area contributed by atoms with Crippen molar-refractivity contribution in [2.24, 2.45) is 11.3 Å². The van der Waals surface area contributed by atoms with Crippen molar-refractivity contribution in [3.05, 3.63) is 70.5 Å². The number of halogens is 2. The van der Waals surface area contributed by atoms with E-state index in [1.165, 1.54) is 12.1 Å². The zero-order chi connectivity index (χ0) is 19.2. The first-order valence-corrected chi connectivity index (χ1v) is 9.40. The highest BCUT2D eigenvalue weighted by atomic mass is 35.5. The van der Waals surface area contributed by atoms with E-state index in [9.17, 15) is 19.4 Å². The molecule has 0 unspecified atom stereocenters. The average molecular weight is 390 g/mol. The monoisotopic (exact) mass is 389 g/mol. The molecular weight excluding hydrogens is 369 g/mol. The lowest BCUT2D eigenvalue weighted by Gasteiger charge is -2.17. The Hall–Kier alpha value is -1.95. The van der Waals surface area contributed by atoms with Crippen LogP contribution in [0.25, 0.3) is 0 Å². The van der Waals surface area contributed by atoms with Crippen LogP contribution in [0.3, 0.4) is 0 Å². The van der Waals surface area contributed by atoms with Crippen molar-refractivity contribution in [1.82, 2.24) is 4.90 Å². The number of aliphatic hydroxyl groups excluding tert-OH is 2. The van der Waals surface area contributed by atoms with Crippen LogP contribution in [0.1, 0.15) is 17.0 Å². The Kier molecular flexibility index (Phi) is 4.70. The number of hydrogen-bond donors (Lipinski definition) is 2. The van der Waals surface area contributed by atoms with Gasteiger partial charge < -0.3 is 15.1 Å². The van der Waals surface area contributed by atoms with Crippen LogP contribution in [0.5, 0.6) is 0 Å². The molecule has 2 aliphatic rings. The zero-order valence-corrected chi connectivity index (χ0v) is 15.4. The molecule has 1 saturated heterocycles. The van der Waals surface area contributed by atoms with E-state index in [2.05, 4.69) is 0 Å². The minimum Gasteiger partial charge on any atom is -0.396 e. The first-order chi connectivity index (χ1) is 13.0. The van der Waals surface area contributed by atoms with Crippen molar-refractivity contribution in [1.29, 1.82) is 0 Å². The average Bonchev–Trinajstić information content (AvgIpc) is 3.16. The van der Waals surface area contributed by atoms with E-state index < -0.39 is 17.3 Å². The molecule has 0 bridgehead atoms. The number of amides is 1. The van der Waals surface area contributed by atoms with E-state index in [0.717, 1.165) is 5.56 Å². The van der Waals surface area contributed by atoms with E-state index in [-0.39, 0.29) is 42.3 Å². The molecule has 1 aliphatic heterocycles. The minimum absolute atomic E-state index is 0.0279. The van der Waals surface area contributed by atoms with Crippen molar-refractivity contribution >= 4 is 17.5 Å². The quantitative estimate of drug-likeness (QED) is 0.845. The van der Waals surface area contributed by atoms with Crippen molar-refractivity contribution in [3.8, 4) is 0 Å². The summed E-state index contributed by atoms with van der Waals surface area (Å²) in [5.74, 6) is -0.700. The van der Waals surface area contributed by atoms with Gasteiger partial charge in [-0.15, -0.1) is 0 Å². The third kappa shape index (κ3) is 3.14. The Morgan fingerprint density at radius 2 is 2.00 bits per heavy atom. The summed E-state index contributed by atoms with van der Waals surface area (Å²) in [4.78, 5) is 14.3. The van der Waals surface area contributed by atoms with E-state index in [1.807, 2.05) is 30.3 Å². The van der Waals surface area contributed by atoms with E-state index in [1.54, 1.807) is 11.0 Å². The number of rotatable bonds is 4. The van der Waals surface area contributed by atoms with Crippen LogP contribution in [-0.2, 0) is 11.2 Å². The second kappa shape index (κ2) is 6.89. The predicted molar refractivity (Wildman–Crippen MR) is 99.9 cm³/mol. The number of nitrogens with zero attached hydrogens (tertiary/aromatic N) is 1. The van der Waals surface area contributed by atoms with Crippen molar-refractivity contribution < 1.29 is 19.4 Å². The summed E-state index contributed by atoms with van der Waals surface area (Å²) in [5, 5.41) is 20.8. The van der Waals surface area contributed by atoms with Crippen LogP contribution in [0, 0.1) is 17.2 Å². The van der Waals surface area contributed by atoms with Gasteiger partial charge in [0.05, 0.1) is 12.5 Å². The minimum atomic E-state index is -0.695. The first kappa shape index (κ1) is 18.4. The topological polar surface area (TPSA) is 60.8 Å². The predicted octanol–water partition coefficient (Wildman–Crippen LogP) is 2.62. The van der Waals surface area contributed by atoms with Crippen molar-refractivity contribution in [2.45, 2.75) is 18.4 Å². The smallest absolute Gasteiger partial charge is 0.227 e. The van der Waals surface area contributed by atoms with E-state index >= 15 is 0 Å². The first-order valence-electron chi connectivity index (χ1n) is 9.02. The van der Waals surface area contributed by atoms with Gasteiger partial charge in [-0.2, -0.15) is 0 Å². The molecular formula is C21H21ClFNO3. The Labute approximate surface area is 162 Å². The van der Waals surface area contributed by atoms with Crippen molar-refractivity contribution in [3.63, 3.8) is 0 Å². The highest BCUT2D eigenvalue weighted by molar-refractivity contribution is 6.30. The molecule has 1 spiro atoms. The Balaban J connectivity index is 1.52. The van der Waals surface area contributed by atoms with Gasteiger partial charge in [0.1, 0.15) is 5.82 Å². The van der Waals surface area contributed by atoms with E-state index in [4.69, 9.17) is 11.6 Å². The molecule has 4 atom stereocenters. The molecule has 4 rings (SSSR count). The van der Waals surface area contributed by atoms with Crippen LogP contribution < -0.4 is 0 Å².